The van der Waals surface area contributed by atoms with Crippen molar-refractivity contribution in [2.24, 2.45) is 0 Å². The standard InChI is InChI=1S/C41H42FN5O4/c1-45(23-21-30-11-8-9-22-44-30)27-37-38(28-17-19-33(20-18-28)50-31-12-3-4-13-31)34(24-43)39-46(25-29-10-2-7-16-36(29)42)26-35(40(48)47(37)39)41(49)51-32-14-5-6-15-32/h2,7-11,16-20,22,26,31-32H,3-6,12-15,21,23,25,27H2,1H3. The Morgan fingerprint density at radius 3 is 2.37 bits per heavy atom. The molecule has 0 spiro atoms. The summed E-state index contributed by atoms with van der Waals surface area (Å²) >= 11 is 0. The van der Waals surface area contributed by atoms with E-state index >= 15 is 4.39 Å². The van der Waals surface area contributed by atoms with Crippen LogP contribution in [0.1, 0.15) is 84.2 Å². The van der Waals surface area contributed by atoms with E-state index in [4.69, 9.17) is 9.47 Å². The summed E-state index contributed by atoms with van der Waals surface area (Å²) in [5.41, 5.74) is 2.97. The molecule has 0 amide bonds. The maximum atomic E-state index is 15.1. The van der Waals surface area contributed by atoms with Crippen LogP contribution in [0.25, 0.3) is 16.8 Å². The number of hydrogen-bond acceptors (Lipinski definition) is 7. The van der Waals surface area contributed by atoms with Crippen LogP contribution >= 0.6 is 0 Å². The normalized spacial score (nSPS) is 15.1. The van der Waals surface area contributed by atoms with Crippen LogP contribution in [-0.2, 0) is 24.2 Å². The minimum atomic E-state index is -0.715. The molecule has 2 fully saturated rings. The molecule has 2 aliphatic carbocycles. The van der Waals surface area contributed by atoms with Crippen molar-refractivity contribution in [3.05, 3.63) is 123 Å². The van der Waals surface area contributed by atoms with E-state index in [-0.39, 0.29) is 42.1 Å². The van der Waals surface area contributed by atoms with E-state index in [0.717, 1.165) is 68.4 Å². The highest BCUT2D eigenvalue weighted by Crippen LogP contribution is 2.35. The number of benzene rings is 2. The van der Waals surface area contributed by atoms with Crippen molar-refractivity contribution in [1.29, 1.82) is 5.26 Å². The second-order valence-corrected chi connectivity index (χ2v) is 13.7. The zero-order chi connectivity index (χ0) is 35.3. The molecule has 3 aromatic heterocycles. The number of likely N-dealkylation sites (N-methyl/N-ethyl adjacent to an activating group) is 1. The molecular weight excluding hydrogens is 645 g/mol. The van der Waals surface area contributed by atoms with Gasteiger partial charge in [0.25, 0.3) is 5.56 Å². The first kappa shape index (κ1) is 34.2. The molecule has 262 valence electrons. The van der Waals surface area contributed by atoms with Gasteiger partial charge in [-0.3, -0.25) is 14.2 Å². The largest absolute Gasteiger partial charge is 0.490 e. The zero-order valence-corrected chi connectivity index (χ0v) is 28.9. The molecule has 0 radical (unpaired) electrons. The number of aromatic nitrogens is 3. The Bertz CT molecular complexity index is 2110. The fourth-order valence-electron chi connectivity index (χ4n) is 7.43. The fraction of sp³-hybridized carbons (Fsp3) is 0.366. The van der Waals surface area contributed by atoms with E-state index in [0.29, 0.717) is 29.8 Å². The van der Waals surface area contributed by atoms with Crippen LogP contribution in [0.4, 0.5) is 4.39 Å². The van der Waals surface area contributed by atoms with Crippen LogP contribution in [-0.4, -0.2) is 50.6 Å². The Balaban J connectivity index is 1.39. The van der Waals surface area contributed by atoms with E-state index < -0.39 is 17.3 Å². The number of rotatable bonds is 12. The van der Waals surface area contributed by atoms with E-state index in [1.54, 1.807) is 29.0 Å². The molecule has 10 heteroatoms. The van der Waals surface area contributed by atoms with Gasteiger partial charge in [-0.2, -0.15) is 5.26 Å². The van der Waals surface area contributed by atoms with E-state index in [1.165, 1.54) is 16.7 Å². The van der Waals surface area contributed by atoms with Gasteiger partial charge in [0.2, 0.25) is 0 Å². The van der Waals surface area contributed by atoms with E-state index in [1.807, 2.05) is 49.5 Å². The van der Waals surface area contributed by atoms with E-state index in [2.05, 4.69) is 16.0 Å². The zero-order valence-electron chi connectivity index (χ0n) is 28.9. The smallest absolute Gasteiger partial charge is 0.345 e. The molecular formula is C41H42FN5O4. The maximum absolute atomic E-state index is 15.1. The topological polar surface area (TPSA) is 102 Å². The van der Waals surface area contributed by atoms with Crippen molar-refractivity contribution in [3.63, 3.8) is 0 Å². The third-order valence-corrected chi connectivity index (χ3v) is 10.1. The van der Waals surface area contributed by atoms with Gasteiger partial charge >= 0.3 is 5.97 Å². The van der Waals surface area contributed by atoms with Gasteiger partial charge in [-0.25, -0.2) is 9.18 Å². The summed E-state index contributed by atoms with van der Waals surface area (Å²) in [6.07, 6.45) is 11.6. The van der Waals surface area contributed by atoms with Gasteiger partial charge in [-0.1, -0.05) is 36.4 Å². The first-order valence-corrected chi connectivity index (χ1v) is 17.9. The van der Waals surface area contributed by atoms with Crippen molar-refractivity contribution < 1.29 is 18.7 Å². The predicted molar refractivity (Wildman–Crippen MR) is 192 cm³/mol. The summed E-state index contributed by atoms with van der Waals surface area (Å²) in [7, 11) is 1.95. The number of hydrogen-bond donors (Lipinski definition) is 0. The average molecular weight is 688 g/mol. The van der Waals surface area contributed by atoms with Gasteiger partial charge in [0.05, 0.1) is 18.3 Å². The number of pyridine rings is 1. The third kappa shape index (κ3) is 7.45. The fourth-order valence-corrected chi connectivity index (χ4v) is 7.43. The summed E-state index contributed by atoms with van der Waals surface area (Å²) in [6, 6.07) is 22.2. The van der Waals surface area contributed by atoms with Gasteiger partial charge in [-0.15, -0.1) is 0 Å². The first-order chi connectivity index (χ1) is 24.9. The lowest BCUT2D eigenvalue weighted by Gasteiger charge is -2.19. The molecule has 0 atom stereocenters. The second-order valence-electron chi connectivity index (χ2n) is 13.7. The molecule has 2 aliphatic rings. The second kappa shape index (κ2) is 15.3. The van der Waals surface area contributed by atoms with E-state index in [9.17, 15) is 14.9 Å². The minimum Gasteiger partial charge on any atom is -0.490 e. The lowest BCUT2D eigenvalue weighted by Crippen LogP contribution is -2.31. The molecule has 0 N–H and O–H groups in total. The molecule has 0 bridgehead atoms. The Hall–Kier alpha value is -5.27. The number of carbonyl (C=O) groups excluding carboxylic acids is 1. The molecule has 5 aromatic rings. The van der Waals surface area contributed by atoms with Crippen molar-refractivity contribution in [2.45, 2.75) is 83.1 Å². The molecule has 0 aliphatic heterocycles. The lowest BCUT2D eigenvalue weighted by molar-refractivity contribution is 0.0314. The summed E-state index contributed by atoms with van der Waals surface area (Å²) in [4.78, 5) is 34.8. The molecule has 0 unspecified atom stereocenters. The summed E-state index contributed by atoms with van der Waals surface area (Å²) in [6.45, 7) is 0.884. The molecule has 2 saturated carbocycles. The van der Waals surface area contributed by atoms with Crippen molar-refractivity contribution in [3.8, 4) is 22.9 Å². The number of fused-ring (bicyclic) bond motifs is 1. The number of esters is 1. The van der Waals surface area contributed by atoms with Crippen molar-refractivity contribution >= 4 is 11.6 Å². The quantitative estimate of drug-likeness (QED) is 0.127. The molecule has 3 heterocycles. The van der Waals surface area contributed by atoms with Crippen molar-refractivity contribution in [1.82, 2.24) is 18.9 Å². The van der Waals surface area contributed by atoms with Gasteiger partial charge in [0.15, 0.2) is 0 Å². The molecule has 2 aromatic carbocycles. The predicted octanol–water partition coefficient (Wildman–Crippen LogP) is 7.32. The summed E-state index contributed by atoms with van der Waals surface area (Å²) < 4.78 is 30.3. The van der Waals surface area contributed by atoms with Gasteiger partial charge in [0, 0.05) is 48.7 Å². The highest BCUT2D eigenvalue weighted by Gasteiger charge is 2.30. The number of nitriles is 1. The Morgan fingerprint density at radius 1 is 0.980 bits per heavy atom. The van der Waals surface area contributed by atoms with Crippen LogP contribution in [0.5, 0.6) is 5.75 Å². The Morgan fingerprint density at radius 2 is 1.69 bits per heavy atom. The average Bonchev–Trinajstić information content (AvgIpc) is 3.92. The number of halogens is 1. The lowest BCUT2D eigenvalue weighted by atomic mass is 10.0. The Labute approximate surface area is 296 Å². The number of carbonyl (C=O) groups is 1. The third-order valence-electron chi connectivity index (χ3n) is 10.1. The molecule has 7 rings (SSSR count). The molecule has 51 heavy (non-hydrogen) atoms. The van der Waals surface area contributed by atoms with Gasteiger partial charge in [-0.05, 0) is 94.3 Å². The Kier molecular flexibility index (Phi) is 10.3. The van der Waals surface area contributed by atoms with Crippen molar-refractivity contribution in [2.75, 3.05) is 13.6 Å². The molecule has 9 nitrogen and oxygen atoms in total. The van der Waals surface area contributed by atoms with Crippen LogP contribution in [0.3, 0.4) is 0 Å². The monoisotopic (exact) mass is 687 g/mol. The number of ether oxygens (including phenoxy) is 2. The van der Waals surface area contributed by atoms with Crippen LogP contribution in [0.15, 0.2) is 83.9 Å². The summed E-state index contributed by atoms with van der Waals surface area (Å²) in [5, 5.41) is 10.8. The SMILES string of the molecule is CN(CCc1ccccn1)Cc1c(-c2ccc(OC3CCCC3)cc2)c(C#N)c2n(Cc3ccccc3F)cc(C(=O)OC3CCCC3)c(=O)n12. The highest BCUT2D eigenvalue weighted by molar-refractivity contribution is 5.90. The van der Waals surface area contributed by atoms with Gasteiger partial charge < -0.3 is 18.9 Å². The van der Waals surface area contributed by atoms with Gasteiger partial charge in [0.1, 0.15) is 40.5 Å². The molecule has 0 saturated heterocycles. The van der Waals surface area contributed by atoms with Crippen LogP contribution in [0, 0.1) is 17.1 Å². The number of nitrogens with zero attached hydrogens (tertiary/aromatic N) is 5. The first-order valence-electron chi connectivity index (χ1n) is 17.9. The van der Waals surface area contributed by atoms with Crippen LogP contribution < -0.4 is 10.3 Å². The minimum absolute atomic E-state index is 0.0125. The maximum Gasteiger partial charge on any atom is 0.345 e. The van der Waals surface area contributed by atoms with Crippen LogP contribution in [0.2, 0.25) is 0 Å². The highest BCUT2D eigenvalue weighted by atomic mass is 19.1. The summed E-state index contributed by atoms with van der Waals surface area (Å²) in [5.74, 6) is -0.396.